The molecule has 0 aromatic rings. The van der Waals surface area contributed by atoms with E-state index in [0.717, 1.165) is 18.4 Å². The normalized spacial score (nSPS) is 26.4. The number of rotatable bonds is 0. The number of nitrogens with zero attached hydrogens (tertiary/aromatic N) is 1. The molecule has 82 valence electrons. The number of halogens is 1. The molecule has 0 saturated carbocycles. The highest BCUT2D eigenvalue weighted by Crippen LogP contribution is 2.06. The Kier molecular flexibility index (Phi) is 3.25. The minimum absolute atomic E-state index is 0.240. The average molecular weight is 231 g/mol. The summed E-state index contributed by atoms with van der Waals surface area (Å²) in [5, 5.41) is 0. The van der Waals surface area contributed by atoms with Crippen LogP contribution in [0.5, 0.6) is 0 Å². The molecule has 7 heteroatoms. The average Bonchev–Trinajstić information content (AvgIpc) is 2.10. The molecule has 0 aromatic carbocycles. The molecule has 0 amide bonds. The van der Waals surface area contributed by atoms with Crippen molar-refractivity contribution < 1.29 is 12.8 Å². The highest BCUT2D eigenvalue weighted by atomic mass is 32.2. The van der Waals surface area contributed by atoms with Crippen LogP contribution in [0.3, 0.4) is 0 Å². The maximum atomic E-state index is 13.0. The van der Waals surface area contributed by atoms with Crippen molar-refractivity contribution in [2.75, 3.05) is 0 Å². The standard InChI is InChI=1S/C8H10FN3O2S/c1-6-5-7(9)3-2-4-11-15(13,14)12-8(6)10/h2-5,11H,1H3,(H2,10,12)/b4-2+,6-5?,7-3+. The second kappa shape index (κ2) is 4.26. The van der Waals surface area contributed by atoms with Crippen molar-refractivity contribution in [3.63, 3.8) is 0 Å². The topological polar surface area (TPSA) is 84.5 Å². The molecule has 0 bridgehead atoms. The predicted molar refractivity (Wildman–Crippen MR) is 55.8 cm³/mol. The third kappa shape index (κ3) is 3.55. The van der Waals surface area contributed by atoms with Gasteiger partial charge in [-0.3, -0.25) is 4.72 Å². The van der Waals surface area contributed by atoms with Gasteiger partial charge in [-0.05, 0) is 30.7 Å². The minimum Gasteiger partial charge on any atom is -0.383 e. The predicted octanol–water partition coefficient (Wildman–Crippen LogP) is 0.505. The van der Waals surface area contributed by atoms with E-state index < -0.39 is 16.0 Å². The molecule has 1 heterocycles. The first-order valence-electron chi connectivity index (χ1n) is 3.99. The third-order valence-corrected chi connectivity index (χ3v) is 2.42. The molecule has 0 aromatic heterocycles. The molecule has 3 N–H and O–H groups in total. The van der Waals surface area contributed by atoms with Gasteiger partial charge >= 0.3 is 10.2 Å². The van der Waals surface area contributed by atoms with Crippen LogP contribution in [0.2, 0.25) is 0 Å². The van der Waals surface area contributed by atoms with Gasteiger partial charge in [-0.25, -0.2) is 4.39 Å². The van der Waals surface area contributed by atoms with Gasteiger partial charge in [-0.1, -0.05) is 0 Å². The molecule has 15 heavy (non-hydrogen) atoms. The van der Waals surface area contributed by atoms with Crippen LogP contribution < -0.4 is 10.5 Å². The van der Waals surface area contributed by atoms with E-state index in [0.29, 0.717) is 0 Å². The van der Waals surface area contributed by atoms with Gasteiger partial charge < -0.3 is 5.73 Å². The summed E-state index contributed by atoms with van der Waals surface area (Å²) < 4.78 is 40.5. The lowest BCUT2D eigenvalue weighted by molar-refractivity contribution is 0.592. The van der Waals surface area contributed by atoms with Crippen LogP contribution in [0.1, 0.15) is 6.92 Å². The SMILES string of the molecule is CC1=C/C(F)=C\C=C\NS(=O)(=O)N=C1N. The van der Waals surface area contributed by atoms with E-state index in [2.05, 4.69) is 4.40 Å². The fraction of sp³-hybridized carbons (Fsp3) is 0.125. The first-order chi connectivity index (χ1) is 6.91. The summed E-state index contributed by atoms with van der Waals surface area (Å²) in [7, 11) is -3.85. The second-order valence-corrected chi connectivity index (χ2v) is 4.18. The summed E-state index contributed by atoms with van der Waals surface area (Å²) >= 11 is 0. The number of allylic oxidation sites excluding steroid dienone is 4. The van der Waals surface area contributed by atoms with E-state index in [1.54, 1.807) is 0 Å². The highest BCUT2D eigenvalue weighted by Gasteiger charge is 2.08. The summed E-state index contributed by atoms with van der Waals surface area (Å²) in [6.45, 7) is 1.47. The zero-order valence-electron chi connectivity index (χ0n) is 7.94. The van der Waals surface area contributed by atoms with Crippen LogP contribution >= 0.6 is 0 Å². The zero-order valence-corrected chi connectivity index (χ0v) is 8.75. The smallest absolute Gasteiger partial charge is 0.343 e. The lowest BCUT2D eigenvalue weighted by Crippen LogP contribution is -2.22. The van der Waals surface area contributed by atoms with Crippen LogP contribution in [0.25, 0.3) is 0 Å². The van der Waals surface area contributed by atoms with Gasteiger partial charge in [-0.2, -0.15) is 8.42 Å². The molecular formula is C8H10FN3O2S. The van der Waals surface area contributed by atoms with Crippen molar-refractivity contribution >= 4 is 16.0 Å². The second-order valence-electron chi connectivity index (χ2n) is 2.81. The Hall–Kier alpha value is -1.63. The fourth-order valence-electron chi connectivity index (χ4n) is 0.822. The number of amidine groups is 1. The Labute approximate surface area is 87.1 Å². The van der Waals surface area contributed by atoms with Gasteiger partial charge in [0.05, 0.1) is 0 Å². The Morgan fingerprint density at radius 3 is 2.87 bits per heavy atom. The first kappa shape index (κ1) is 11.4. The van der Waals surface area contributed by atoms with Crippen molar-refractivity contribution in [3.05, 3.63) is 35.8 Å². The number of hydrogen-bond donors (Lipinski definition) is 2. The molecule has 0 saturated heterocycles. The molecule has 0 unspecified atom stereocenters. The van der Waals surface area contributed by atoms with Gasteiger partial charge in [0.25, 0.3) is 0 Å². The summed E-state index contributed by atoms with van der Waals surface area (Å²) in [6.07, 6.45) is 4.47. The van der Waals surface area contributed by atoms with E-state index in [1.165, 1.54) is 13.0 Å². The summed E-state index contributed by atoms with van der Waals surface area (Å²) in [5.41, 5.74) is 5.59. The van der Waals surface area contributed by atoms with E-state index in [-0.39, 0.29) is 11.4 Å². The van der Waals surface area contributed by atoms with Crippen LogP contribution in [0, 0.1) is 0 Å². The van der Waals surface area contributed by atoms with Crippen LogP contribution in [-0.4, -0.2) is 14.3 Å². The largest absolute Gasteiger partial charge is 0.383 e. The molecular weight excluding hydrogens is 221 g/mol. The monoisotopic (exact) mass is 231 g/mol. The van der Waals surface area contributed by atoms with Gasteiger partial charge in [0.1, 0.15) is 11.7 Å². The van der Waals surface area contributed by atoms with Crippen molar-refractivity contribution in [1.29, 1.82) is 0 Å². The van der Waals surface area contributed by atoms with Crippen molar-refractivity contribution in [2.24, 2.45) is 10.1 Å². The zero-order chi connectivity index (χ0) is 11.5. The van der Waals surface area contributed by atoms with E-state index in [1.807, 2.05) is 4.72 Å². The molecule has 1 aliphatic heterocycles. The molecule has 5 nitrogen and oxygen atoms in total. The number of nitrogens with one attached hydrogen (secondary N) is 1. The van der Waals surface area contributed by atoms with Gasteiger partial charge in [-0.15, -0.1) is 4.40 Å². The molecule has 0 atom stereocenters. The maximum Gasteiger partial charge on any atom is 0.343 e. The molecule has 0 spiro atoms. The quantitative estimate of drug-likeness (QED) is 0.636. The van der Waals surface area contributed by atoms with Crippen molar-refractivity contribution in [1.82, 2.24) is 4.72 Å². The van der Waals surface area contributed by atoms with Crippen molar-refractivity contribution in [3.8, 4) is 0 Å². The summed E-state index contributed by atoms with van der Waals surface area (Å²) in [5.74, 6) is -0.788. The Morgan fingerprint density at radius 1 is 1.53 bits per heavy atom. The molecule has 0 aliphatic carbocycles. The molecule has 1 aliphatic rings. The summed E-state index contributed by atoms with van der Waals surface area (Å²) in [4.78, 5) is 0. The number of nitrogens with two attached hydrogens (primary N) is 1. The molecule has 0 fully saturated rings. The Bertz CT molecular complexity index is 474. The lowest BCUT2D eigenvalue weighted by Gasteiger charge is -2.02. The Balaban J connectivity index is 3.24. The van der Waals surface area contributed by atoms with Crippen LogP contribution in [0.4, 0.5) is 4.39 Å². The van der Waals surface area contributed by atoms with Gasteiger partial charge in [0.15, 0.2) is 0 Å². The highest BCUT2D eigenvalue weighted by molar-refractivity contribution is 7.88. The van der Waals surface area contributed by atoms with Crippen molar-refractivity contribution in [2.45, 2.75) is 6.92 Å². The molecule has 0 radical (unpaired) electrons. The molecule has 1 rings (SSSR count). The number of hydrogen-bond acceptors (Lipinski definition) is 3. The fourth-order valence-corrected chi connectivity index (χ4v) is 1.53. The third-order valence-electron chi connectivity index (χ3n) is 1.55. The Morgan fingerprint density at radius 2 is 2.20 bits per heavy atom. The first-order valence-corrected chi connectivity index (χ1v) is 5.43. The lowest BCUT2D eigenvalue weighted by atomic mass is 10.2. The van der Waals surface area contributed by atoms with Gasteiger partial charge in [0, 0.05) is 6.20 Å². The van der Waals surface area contributed by atoms with E-state index >= 15 is 0 Å². The maximum absolute atomic E-state index is 13.0. The summed E-state index contributed by atoms with van der Waals surface area (Å²) in [6, 6.07) is 0. The minimum atomic E-state index is -3.85. The van der Waals surface area contributed by atoms with Crippen LogP contribution in [0.15, 0.2) is 40.2 Å². The van der Waals surface area contributed by atoms with Crippen LogP contribution in [-0.2, 0) is 10.2 Å². The van der Waals surface area contributed by atoms with Gasteiger partial charge in [0.2, 0.25) is 0 Å². The van der Waals surface area contributed by atoms with E-state index in [9.17, 15) is 12.8 Å². The van der Waals surface area contributed by atoms with E-state index in [4.69, 9.17) is 5.73 Å².